The van der Waals surface area contributed by atoms with Crippen LogP contribution in [0, 0.1) is 0 Å². The minimum atomic E-state index is -4.94. The van der Waals surface area contributed by atoms with Gasteiger partial charge in [-0.1, -0.05) is 153 Å². The van der Waals surface area contributed by atoms with Gasteiger partial charge in [0, 0.05) is 37.6 Å². The summed E-state index contributed by atoms with van der Waals surface area (Å²) in [6, 6.07) is 6.56. The molecule has 1 aromatic heterocycles. The van der Waals surface area contributed by atoms with Crippen molar-refractivity contribution in [2.24, 2.45) is 0 Å². The minimum Gasteiger partial charge on any atom is -0.756 e. The van der Waals surface area contributed by atoms with Gasteiger partial charge in [-0.2, -0.15) is 9.97 Å². The lowest BCUT2D eigenvalue weighted by molar-refractivity contribution is -0.228. The summed E-state index contributed by atoms with van der Waals surface area (Å²) in [4.78, 5) is 74.3. The van der Waals surface area contributed by atoms with E-state index in [0.717, 1.165) is 77.0 Å². The number of nitrogen functional groups attached to an aromatic ring is 1. The molecule has 2 unspecified atom stereocenters. The molecular weight excluding hydrogens is 990 g/mol. The summed E-state index contributed by atoms with van der Waals surface area (Å²) in [6.07, 6.45) is 37.8. The van der Waals surface area contributed by atoms with E-state index in [1.165, 1.54) is 81.9 Å². The monoisotopic (exact) mass is 1080 g/mol. The van der Waals surface area contributed by atoms with E-state index in [1.54, 1.807) is 31.4 Å². The normalized spacial score (nSPS) is 13.6. The molecule has 3 N–H and O–H groups in total. The third-order valence-electron chi connectivity index (χ3n) is 13.0. The van der Waals surface area contributed by atoms with Gasteiger partial charge in [-0.15, -0.1) is 0 Å². The maximum Gasteiger partial charge on any atom is 0.320 e. The number of carbonyl (C=O) groups excluding carboxylic acids is 4. The van der Waals surface area contributed by atoms with Crippen LogP contribution in [0.2, 0.25) is 0 Å². The zero-order valence-corrected chi connectivity index (χ0v) is 47.3. The van der Waals surface area contributed by atoms with Crippen molar-refractivity contribution in [2.75, 3.05) is 57.3 Å². The van der Waals surface area contributed by atoms with Gasteiger partial charge in [-0.25, -0.2) is 0 Å². The Morgan fingerprint density at radius 3 is 1.78 bits per heavy atom. The summed E-state index contributed by atoms with van der Waals surface area (Å²) in [7, 11) is -3.40. The van der Waals surface area contributed by atoms with Gasteiger partial charge in [0.15, 0.2) is 6.10 Å². The topological polar surface area (TPSA) is 231 Å². The van der Waals surface area contributed by atoms with E-state index in [1.807, 2.05) is 0 Å². The van der Waals surface area contributed by atoms with Crippen molar-refractivity contribution in [3.05, 3.63) is 65.3 Å². The van der Waals surface area contributed by atoms with Crippen LogP contribution < -0.4 is 25.6 Å². The maximum absolute atomic E-state index is 12.9. The highest BCUT2D eigenvalue weighted by Gasteiger charge is 2.32. The number of nitrogens with zero attached hydrogens (tertiary/aromatic N) is 3. The average molecular weight is 1080 g/mol. The van der Waals surface area contributed by atoms with Crippen LogP contribution in [0.3, 0.4) is 0 Å². The third kappa shape index (κ3) is 30.3. The molecule has 1 aliphatic heterocycles. The van der Waals surface area contributed by atoms with Crippen molar-refractivity contribution in [3.63, 3.8) is 0 Å². The van der Waals surface area contributed by atoms with Gasteiger partial charge in [0.05, 0.1) is 32.8 Å². The summed E-state index contributed by atoms with van der Waals surface area (Å²) < 4.78 is 44.5. The number of hydrogen-bond acceptors (Lipinski definition) is 15. The number of hydrogen-bond donors (Lipinski definition) is 2. The number of benzene rings is 1. The predicted molar refractivity (Wildman–Crippen MR) is 297 cm³/mol. The molecular formula is C58H93N5O12P-. The molecule has 18 heteroatoms. The quantitative estimate of drug-likeness (QED) is 0.0272. The molecule has 2 heterocycles. The van der Waals surface area contributed by atoms with Crippen molar-refractivity contribution < 1.29 is 56.6 Å². The number of anilines is 2. The highest BCUT2D eigenvalue weighted by Crippen LogP contribution is 2.38. The highest BCUT2D eigenvalue weighted by molar-refractivity contribution is 7.45. The number of fused-ring (bicyclic) bond motifs is 1. The molecule has 0 aliphatic carbocycles. The second-order valence-electron chi connectivity index (χ2n) is 19.7. The Kier molecular flexibility index (Phi) is 35.8. The Bertz CT molecular complexity index is 2040. The number of allylic oxidation sites excluding steroid dienone is 4. The van der Waals surface area contributed by atoms with Crippen molar-refractivity contribution in [3.8, 4) is 6.01 Å². The van der Waals surface area contributed by atoms with E-state index in [-0.39, 0.29) is 68.9 Å². The van der Waals surface area contributed by atoms with Crippen LogP contribution in [0.25, 0.3) is 0 Å². The van der Waals surface area contributed by atoms with Gasteiger partial charge in [0.2, 0.25) is 5.91 Å². The van der Waals surface area contributed by atoms with Crippen LogP contribution in [-0.4, -0.2) is 86.5 Å². The van der Waals surface area contributed by atoms with Crippen molar-refractivity contribution in [1.82, 2.24) is 15.3 Å². The number of rotatable bonds is 47. The van der Waals surface area contributed by atoms with Gasteiger partial charge < -0.3 is 43.9 Å². The minimum absolute atomic E-state index is 0.0326. The number of amides is 2. The van der Waals surface area contributed by atoms with Crippen LogP contribution in [0.1, 0.15) is 215 Å². The predicted octanol–water partition coefficient (Wildman–Crippen LogP) is 11.9. The number of esters is 2. The molecule has 1 aliphatic rings. The maximum atomic E-state index is 12.9. The Morgan fingerprint density at radius 1 is 0.697 bits per heavy atom. The van der Waals surface area contributed by atoms with E-state index in [2.05, 4.69) is 53.4 Å². The first-order chi connectivity index (χ1) is 37.0. The van der Waals surface area contributed by atoms with E-state index in [0.29, 0.717) is 36.4 Å². The molecule has 2 amide bonds. The fourth-order valence-corrected chi connectivity index (χ4v) is 9.29. The van der Waals surface area contributed by atoms with Crippen molar-refractivity contribution >= 4 is 43.2 Å². The van der Waals surface area contributed by atoms with Crippen LogP contribution in [0.4, 0.5) is 11.6 Å². The highest BCUT2D eigenvalue weighted by atomic mass is 31.2. The second-order valence-corrected chi connectivity index (χ2v) is 21.1. The summed E-state index contributed by atoms with van der Waals surface area (Å²) in [5.41, 5.74) is 7.62. The number of aromatic nitrogens is 2. The van der Waals surface area contributed by atoms with Crippen molar-refractivity contribution in [2.45, 2.75) is 213 Å². The van der Waals surface area contributed by atoms with E-state index >= 15 is 0 Å². The van der Waals surface area contributed by atoms with Gasteiger partial charge in [-0.3, -0.25) is 28.6 Å². The zero-order chi connectivity index (χ0) is 54.9. The Hall–Kier alpha value is -4.67. The number of carbonyl (C=O) groups is 4. The molecule has 0 saturated carbocycles. The molecule has 76 heavy (non-hydrogen) atoms. The smallest absolute Gasteiger partial charge is 0.320 e. The molecule has 1 aromatic carbocycles. The Labute approximate surface area is 454 Å². The summed E-state index contributed by atoms with van der Waals surface area (Å²) >= 11 is 0. The molecule has 0 radical (unpaired) electrons. The second kappa shape index (κ2) is 41.4. The number of phosphoric acid groups is 1. The summed E-state index contributed by atoms with van der Waals surface area (Å²) in [6.45, 7) is 3.57. The van der Waals surface area contributed by atoms with Gasteiger partial charge >= 0.3 is 17.9 Å². The van der Waals surface area contributed by atoms with Gasteiger partial charge in [-0.05, 0) is 81.9 Å². The number of phosphoric ester groups is 1. The van der Waals surface area contributed by atoms with E-state index in [4.69, 9.17) is 33.7 Å². The lowest BCUT2D eigenvalue weighted by atomic mass is 10.1. The number of nitrogens with one attached hydrogen (secondary N) is 1. The van der Waals surface area contributed by atoms with Crippen LogP contribution in [0.5, 0.6) is 6.01 Å². The first-order valence-corrected chi connectivity index (χ1v) is 30.1. The average Bonchev–Trinajstić information content (AvgIpc) is 3.74. The van der Waals surface area contributed by atoms with E-state index in [9.17, 15) is 28.6 Å². The van der Waals surface area contributed by atoms with Crippen molar-refractivity contribution in [1.29, 1.82) is 0 Å². The fourth-order valence-electron chi connectivity index (χ4n) is 8.55. The Balaban J connectivity index is 1.40. The molecule has 3 rings (SSSR count). The molecule has 0 spiro atoms. The number of nitrogens with two attached hydrogens (primary N) is 1. The van der Waals surface area contributed by atoms with E-state index < -0.39 is 45.0 Å². The standard InChI is InChI=1S/C58H94N5O12P/c1-4-6-8-10-12-14-16-18-20-22-24-26-28-30-32-34-53(65)72-46-50(75-54(66)35-33-31-29-27-25-23-21-19-17-15-13-11-9-7-5-2)47-74-76(68,69)73-41-40-60-57(67)49-38-36-48(37-39-49)45-63-52(64)44-51-55(59)61-58(62-56(51)63)71-43-42-70-3/h18-21,36-39,50H,4-17,22-35,40-47H2,1-3H3,(H,60,67)(H,68,69)(H2,59,61,62)/p-1/b20-18-,21-19-. The first kappa shape index (κ1) is 65.6. The third-order valence-corrected chi connectivity index (χ3v) is 14.0. The molecule has 2 atom stereocenters. The molecule has 17 nitrogen and oxygen atoms in total. The molecule has 0 fully saturated rings. The molecule has 2 aromatic rings. The molecule has 0 bridgehead atoms. The summed E-state index contributed by atoms with van der Waals surface area (Å²) in [5.74, 6) is -1.19. The summed E-state index contributed by atoms with van der Waals surface area (Å²) in [5, 5.41) is 2.61. The first-order valence-electron chi connectivity index (χ1n) is 28.7. The van der Waals surface area contributed by atoms with Crippen LogP contribution >= 0.6 is 7.82 Å². The molecule has 428 valence electrons. The lowest BCUT2D eigenvalue weighted by Crippen LogP contribution is -2.31. The molecule has 0 saturated heterocycles. The lowest BCUT2D eigenvalue weighted by Gasteiger charge is -2.25. The zero-order valence-electron chi connectivity index (χ0n) is 46.4. The number of unbranched alkanes of at least 4 members (excludes halogenated alkanes) is 22. The van der Waals surface area contributed by atoms with Gasteiger partial charge in [0.1, 0.15) is 24.8 Å². The fraction of sp³-hybridized carbons (Fsp3) is 0.690. The van der Waals surface area contributed by atoms with Crippen LogP contribution in [-0.2, 0) is 55.2 Å². The SMILES string of the molecule is CCCCCCCC/C=C\CCCCCCCC(=O)OCC(COP(=O)([O-])OCCNC(=O)c1ccc(CN2C(=O)Cc3c(N)nc(OCCOC)nc32)cc1)OC(=O)CCCCCCC/C=C\CCCCCCCC. The van der Waals surface area contributed by atoms with Crippen LogP contribution in [0.15, 0.2) is 48.6 Å². The number of ether oxygens (including phenoxy) is 4. The van der Waals surface area contributed by atoms with Gasteiger partial charge in [0.25, 0.3) is 13.7 Å². The largest absolute Gasteiger partial charge is 0.756 e. The Morgan fingerprint density at radius 2 is 1.22 bits per heavy atom. The number of methoxy groups -OCH3 is 1.